The van der Waals surface area contributed by atoms with Gasteiger partial charge in [-0.25, -0.2) is 0 Å². The first kappa shape index (κ1) is 17.3. The minimum atomic E-state index is 0. The number of hydrogen-bond acceptors (Lipinski definition) is 3. The van der Waals surface area contributed by atoms with E-state index in [0.29, 0.717) is 5.92 Å². The van der Waals surface area contributed by atoms with Gasteiger partial charge < -0.3 is 10.2 Å². The van der Waals surface area contributed by atoms with Crippen molar-refractivity contribution in [2.75, 3.05) is 20.1 Å². The van der Waals surface area contributed by atoms with Crippen LogP contribution >= 0.6 is 35.3 Å². The summed E-state index contributed by atoms with van der Waals surface area (Å²) < 4.78 is 1.88. The topological polar surface area (TPSA) is 45.5 Å². The molecular weight excluding hydrogens is 409 g/mol. The van der Waals surface area contributed by atoms with Crippen LogP contribution in [-0.4, -0.2) is 40.8 Å². The van der Waals surface area contributed by atoms with Crippen molar-refractivity contribution in [1.29, 1.82) is 0 Å². The van der Waals surface area contributed by atoms with Crippen molar-refractivity contribution in [3.63, 3.8) is 0 Å². The van der Waals surface area contributed by atoms with E-state index < -0.39 is 0 Å². The molecule has 3 rings (SSSR count). The van der Waals surface area contributed by atoms with E-state index in [1.165, 1.54) is 10.4 Å². The molecule has 0 aromatic carbocycles. The molecule has 120 valence electrons. The molecule has 1 aliphatic rings. The van der Waals surface area contributed by atoms with Gasteiger partial charge in [-0.2, -0.15) is 5.10 Å². The molecule has 0 aliphatic carbocycles. The van der Waals surface area contributed by atoms with Gasteiger partial charge in [0.1, 0.15) is 0 Å². The third kappa shape index (κ3) is 4.01. The van der Waals surface area contributed by atoms with Gasteiger partial charge in [-0.15, -0.1) is 35.3 Å². The van der Waals surface area contributed by atoms with E-state index in [1.807, 2.05) is 25.0 Å². The fourth-order valence-electron chi connectivity index (χ4n) is 2.79. The lowest BCUT2D eigenvalue weighted by molar-refractivity contribution is 0.486. The van der Waals surface area contributed by atoms with E-state index in [2.05, 4.69) is 44.0 Å². The maximum Gasteiger partial charge on any atom is 0.193 e. The summed E-state index contributed by atoms with van der Waals surface area (Å²) >= 11 is 1.77. The first-order valence-corrected chi connectivity index (χ1v) is 8.10. The molecule has 2 aromatic rings. The number of thiophene rings is 1. The molecule has 0 radical (unpaired) electrons. The number of guanidine groups is 1. The molecule has 1 fully saturated rings. The number of aromatic nitrogens is 2. The van der Waals surface area contributed by atoms with Gasteiger partial charge in [0, 0.05) is 44.2 Å². The summed E-state index contributed by atoms with van der Waals surface area (Å²) in [5.74, 6) is 1.55. The van der Waals surface area contributed by atoms with E-state index in [9.17, 15) is 0 Å². The van der Waals surface area contributed by atoms with Crippen LogP contribution in [-0.2, 0) is 13.6 Å². The molecule has 7 heteroatoms. The highest BCUT2D eigenvalue weighted by Gasteiger charge is 2.26. The van der Waals surface area contributed by atoms with E-state index in [4.69, 9.17) is 0 Å². The number of nitrogens with zero attached hydrogens (tertiary/aromatic N) is 4. The SMILES string of the molecule is CN=C(NCc1cccs1)N1CCC(c2cnn(C)c2)C1.I. The van der Waals surface area contributed by atoms with Crippen LogP contribution in [0.4, 0.5) is 0 Å². The van der Waals surface area contributed by atoms with Gasteiger partial charge in [0.05, 0.1) is 12.7 Å². The molecular formula is C15H22IN5S. The summed E-state index contributed by atoms with van der Waals surface area (Å²) in [4.78, 5) is 8.09. The third-order valence-corrected chi connectivity index (χ3v) is 4.77. The third-order valence-electron chi connectivity index (χ3n) is 3.90. The zero-order valence-electron chi connectivity index (χ0n) is 12.9. The Morgan fingerprint density at radius 3 is 3.05 bits per heavy atom. The number of aryl methyl sites for hydroxylation is 1. The molecule has 1 atom stereocenters. The van der Waals surface area contributed by atoms with Crippen molar-refractivity contribution in [1.82, 2.24) is 20.0 Å². The number of likely N-dealkylation sites (tertiary alicyclic amines) is 1. The maximum absolute atomic E-state index is 4.42. The quantitative estimate of drug-likeness (QED) is 0.462. The van der Waals surface area contributed by atoms with Crippen LogP contribution in [0.1, 0.15) is 22.8 Å². The highest BCUT2D eigenvalue weighted by molar-refractivity contribution is 14.0. The Kier molecular flexibility index (Phi) is 6.25. The number of nitrogens with one attached hydrogen (secondary N) is 1. The van der Waals surface area contributed by atoms with Gasteiger partial charge in [-0.05, 0) is 23.4 Å². The van der Waals surface area contributed by atoms with Gasteiger partial charge in [-0.1, -0.05) is 6.07 Å². The monoisotopic (exact) mass is 431 g/mol. The van der Waals surface area contributed by atoms with Crippen LogP contribution in [0.5, 0.6) is 0 Å². The zero-order chi connectivity index (χ0) is 14.7. The van der Waals surface area contributed by atoms with Gasteiger partial charge >= 0.3 is 0 Å². The molecule has 5 nitrogen and oxygen atoms in total. The van der Waals surface area contributed by atoms with Crippen molar-refractivity contribution >= 4 is 41.3 Å². The van der Waals surface area contributed by atoms with Crippen LogP contribution in [0.25, 0.3) is 0 Å². The highest BCUT2D eigenvalue weighted by Crippen LogP contribution is 2.26. The van der Waals surface area contributed by atoms with Gasteiger partial charge in [0.15, 0.2) is 5.96 Å². The Balaban J connectivity index is 0.00000176. The average molecular weight is 431 g/mol. The van der Waals surface area contributed by atoms with E-state index in [1.54, 1.807) is 11.3 Å². The van der Waals surface area contributed by atoms with Crippen molar-refractivity contribution in [2.45, 2.75) is 18.9 Å². The second-order valence-corrected chi connectivity index (χ2v) is 6.39. The smallest absolute Gasteiger partial charge is 0.193 e. The number of rotatable bonds is 3. The fraction of sp³-hybridized carbons (Fsp3) is 0.467. The van der Waals surface area contributed by atoms with Crippen LogP contribution in [0.2, 0.25) is 0 Å². The number of hydrogen-bond donors (Lipinski definition) is 1. The molecule has 1 unspecified atom stereocenters. The molecule has 1 saturated heterocycles. The van der Waals surface area contributed by atoms with E-state index in [-0.39, 0.29) is 24.0 Å². The Morgan fingerprint density at radius 1 is 1.55 bits per heavy atom. The zero-order valence-corrected chi connectivity index (χ0v) is 16.0. The van der Waals surface area contributed by atoms with Crippen LogP contribution in [0, 0.1) is 0 Å². The predicted molar refractivity (Wildman–Crippen MR) is 102 cm³/mol. The molecule has 0 spiro atoms. The summed E-state index contributed by atoms with van der Waals surface area (Å²) in [6, 6.07) is 4.23. The molecule has 0 saturated carbocycles. The summed E-state index contributed by atoms with van der Waals surface area (Å²) in [6.45, 7) is 2.90. The van der Waals surface area contributed by atoms with Crippen LogP contribution < -0.4 is 5.32 Å². The standard InChI is InChI=1S/C15H21N5S.HI/c1-16-15(17-9-14-4-3-7-21-14)20-6-5-12(11-20)13-8-18-19(2)10-13;/h3-4,7-8,10,12H,5-6,9,11H2,1-2H3,(H,16,17);1H. The summed E-state index contributed by atoms with van der Waals surface area (Å²) in [5, 5.41) is 9.84. The second kappa shape index (κ2) is 7.96. The van der Waals surface area contributed by atoms with Crippen molar-refractivity contribution in [2.24, 2.45) is 12.0 Å². The Morgan fingerprint density at radius 2 is 2.41 bits per heavy atom. The van der Waals surface area contributed by atoms with Crippen LogP contribution in [0.3, 0.4) is 0 Å². The van der Waals surface area contributed by atoms with Crippen molar-refractivity contribution in [3.05, 3.63) is 40.3 Å². The number of halogens is 1. The van der Waals surface area contributed by atoms with Gasteiger partial charge in [0.2, 0.25) is 0 Å². The fourth-order valence-corrected chi connectivity index (χ4v) is 3.43. The summed E-state index contributed by atoms with van der Waals surface area (Å²) in [5.41, 5.74) is 1.33. The van der Waals surface area contributed by atoms with Gasteiger partial charge in [-0.3, -0.25) is 9.67 Å². The molecule has 1 aliphatic heterocycles. The normalized spacial score (nSPS) is 18.4. The molecule has 22 heavy (non-hydrogen) atoms. The molecule has 1 N–H and O–H groups in total. The van der Waals surface area contributed by atoms with E-state index in [0.717, 1.165) is 32.0 Å². The minimum absolute atomic E-state index is 0. The lowest BCUT2D eigenvalue weighted by Crippen LogP contribution is -2.39. The number of aliphatic imine (C=N–C) groups is 1. The predicted octanol–water partition coefficient (Wildman–Crippen LogP) is 2.66. The molecule has 2 aromatic heterocycles. The Hall–Kier alpha value is -1.09. The Bertz CT molecular complexity index is 607. The average Bonchev–Trinajstić information content (AvgIpc) is 3.19. The largest absolute Gasteiger partial charge is 0.351 e. The van der Waals surface area contributed by atoms with Crippen LogP contribution in [0.15, 0.2) is 34.9 Å². The molecule has 0 amide bonds. The first-order chi connectivity index (χ1) is 10.3. The minimum Gasteiger partial charge on any atom is -0.351 e. The summed E-state index contributed by atoms with van der Waals surface area (Å²) in [6.07, 6.45) is 5.26. The maximum atomic E-state index is 4.42. The lowest BCUT2D eigenvalue weighted by atomic mass is 10.0. The molecule has 0 bridgehead atoms. The van der Waals surface area contributed by atoms with Gasteiger partial charge in [0.25, 0.3) is 0 Å². The Labute approximate surface area is 152 Å². The molecule has 3 heterocycles. The second-order valence-electron chi connectivity index (χ2n) is 5.36. The highest BCUT2D eigenvalue weighted by atomic mass is 127. The van der Waals surface area contributed by atoms with Crippen molar-refractivity contribution in [3.8, 4) is 0 Å². The van der Waals surface area contributed by atoms with Crippen molar-refractivity contribution < 1.29 is 0 Å². The lowest BCUT2D eigenvalue weighted by Gasteiger charge is -2.21. The van der Waals surface area contributed by atoms with E-state index >= 15 is 0 Å². The summed E-state index contributed by atoms with van der Waals surface area (Å²) in [7, 11) is 3.83. The first-order valence-electron chi connectivity index (χ1n) is 7.23.